The molecule has 0 spiro atoms. The van der Waals surface area contributed by atoms with Crippen LogP contribution in [0.2, 0.25) is 0 Å². The summed E-state index contributed by atoms with van der Waals surface area (Å²) in [5.41, 5.74) is 1.70. The highest BCUT2D eigenvalue weighted by atomic mass is 32.2. The highest BCUT2D eigenvalue weighted by Gasteiger charge is 2.29. The minimum atomic E-state index is -3.31. The molecule has 1 amide bonds. The number of carbonyl (C=O) groups excluding carboxylic acids is 1. The van der Waals surface area contributed by atoms with Gasteiger partial charge in [0.25, 0.3) is 5.91 Å². The van der Waals surface area contributed by atoms with Gasteiger partial charge in [-0.1, -0.05) is 18.2 Å². The first-order chi connectivity index (χ1) is 11.4. The molecule has 1 heterocycles. The summed E-state index contributed by atoms with van der Waals surface area (Å²) in [6, 6.07) is 10.7. The number of nitrogens with one attached hydrogen (secondary N) is 1. The largest absolute Gasteiger partial charge is 0.322 e. The van der Waals surface area contributed by atoms with Crippen molar-refractivity contribution in [2.75, 3.05) is 21.9 Å². The highest BCUT2D eigenvalue weighted by molar-refractivity contribution is 7.93. The second-order valence-electron chi connectivity index (χ2n) is 5.68. The summed E-state index contributed by atoms with van der Waals surface area (Å²) in [7, 11) is -3.31. The summed E-state index contributed by atoms with van der Waals surface area (Å²) in [6.07, 6.45) is 0.577. The number of hydrogen-bond acceptors (Lipinski definition) is 3. The second kappa shape index (κ2) is 6.24. The average molecular weight is 348 g/mol. The molecule has 2 aromatic rings. The van der Waals surface area contributed by atoms with Crippen molar-refractivity contribution in [3.8, 4) is 0 Å². The number of rotatable bonds is 3. The van der Waals surface area contributed by atoms with Crippen molar-refractivity contribution >= 4 is 27.3 Å². The first kappa shape index (κ1) is 16.4. The molecule has 5 nitrogen and oxygen atoms in total. The van der Waals surface area contributed by atoms with Crippen LogP contribution in [0.25, 0.3) is 0 Å². The van der Waals surface area contributed by atoms with E-state index in [0.717, 1.165) is 5.56 Å². The topological polar surface area (TPSA) is 66.5 Å². The zero-order chi connectivity index (χ0) is 17.3. The van der Waals surface area contributed by atoms with E-state index in [1.54, 1.807) is 24.3 Å². The molecule has 1 aliphatic rings. The average Bonchev–Trinajstić information content (AvgIpc) is 2.89. The Bertz CT molecular complexity index is 896. The molecule has 3 rings (SSSR count). The summed E-state index contributed by atoms with van der Waals surface area (Å²) in [5, 5.41) is 2.62. The van der Waals surface area contributed by atoms with Gasteiger partial charge >= 0.3 is 0 Å². The van der Waals surface area contributed by atoms with Crippen LogP contribution in [-0.2, 0) is 10.0 Å². The normalized spacial score (nSPS) is 16.2. The van der Waals surface area contributed by atoms with Gasteiger partial charge in [-0.3, -0.25) is 9.10 Å². The maximum Gasteiger partial charge on any atom is 0.258 e. The summed E-state index contributed by atoms with van der Waals surface area (Å²) in [4.78, 5) is 12.2. The molecule has 1 N–H and O–H groups in total. The van der Waals surface area contributed by atoms with Gasteiger partial charge in [-0.2, -0.15) is 0 Å². The molecule has 2 aromatic carbocycles. The fourth-order valence-corrected chi connectivity index (χ4v) is 4.33. The van der Waals surface area contributed by atoms with Crippen LogP contribution in [0.1, 0.15) is 22.3 Å². The van der Waals surface area contributed by atoms with Gasteiger partial charge in [0.15, 0.2) is 0 Å². The Hall–Kier alpha value is -2.41. The molecule has 0 bridgehead atoms. The minimum Gasteiger partial charge on any atom is -0.322 e. The number of aryl methyl sites for hydroxylation is 1. The maximum absolute atomic E-state index is 13.7. The van der Waals surface area contributed by atoms with E-state index in [0.29, 0.717) is 24.3 Å². The molecule has 0 aromatic heterocycles. The molecule has 0 atom stereocenters. The van der Waals surface area contributed by atoms with Crippen molar-refractivity contribution in [3.63, 3.8) is 0 Å². The predicted molar refractivity (Wildman–Crippen MR) is 91.3 cm³/mol. The Kier molecular flexibility index (Phi) is 4.28. The fraction of sp³-hybridized carbons (Fsp3) is 0.235. The Labute approximate surface area is 140 Å². The molecular weight excluding hydrogens is 331 g/mol. The molecule has 1 aliphatic heterocycles. The Morgan fingerprint density at radius 3 is 2.62 bits per heavy atom. The monoisotopic (exact) mass is 348 g/mol. The van der Waals surface area contributed by atoms with Crippen molar-refractivity contribution in [1.29, 1.82) is 0 Å². The summed E-state index contributed by atoms with van der Waals surface area (Å²) >= 11 is 0. The van der Waals surface area contributed by atoms with Gasteiger partial charge in [-0.15, -0.1) is 0 Å². The van der Waals surface area contributed by atoms with Crippen molar-refractivity contribution in [3.05, 3.63) is 59.4 Å². The SMILES string of the molecule is Cc1ccc(NC(=O)c2ccccc2F)cc1N1CCCS1(=O)=O. The molecule has 126 valence electrons. The maximum atomic E-state index is 13.7. The Morgan fingerprint density at radius 1 is 1.21 bits per heavy atom. The molecule has 0 unspecified atom stereocenters. The van der Waals surface area contributed by atoms with E-state index in [2.05, 4.69) is 5.32 Å². The van der Waals surface area contributed by atoms with Crippen LogP contribution in [0.15, 0.2) is 42.5 Å². The number of anilines is 2. The van der Waals surface area contributed by atoms with Crippen LogP contribution in [0.5, 0.6) is 0 Å². The van der Waals surface area contributed by atoms with Gasteiger partial charge in [0.2, 0.25) is 10.0 Å². The van der Waals surface area contributed by atoms with Gasteiger partial charge < -0.3 is 5.32 Å². The predicted octanol–water partition coefficient (Wildman–Crippen LogP) is 2.93. The second-order valence-corrected chi connectivity index (χ2v) is 7.69. The van der Waals surface area contributed by atoms with Crippen molar-refractivity contribution in [2.24, 2.45) is 0 Å². The lowest BCUT2D eigenvalue weighted by molar-refractivity contribution is 0.102. The molecule has 0 aliphatic carbocycles. The zero-order valence-electron chi connectivity index (χ0n) is 13.1. The van der Waals surface area contributed by atoms with E-state index < -0.39 is 21.7 Å². The third-order valence-electron chi connectivity index (χ3n) is 3.95. The highest BCUT2D eigenvalue weighted by Crippen LogP contribution is 2.30. The van der Waals surface area contributed by atoms with Crippen molar-refractivity contribution in [1.82, 2.24) is 0 Å². The molecule has 1 fully saturated rings. The van der Waals surface area contributed by atoms with Crippen LogP contribution in [0.4, 0.5) is 15.8 Å². The van der Waals surface area contributed by atoms with Crippen LogP contribution in [0, 0.1) is 12.7 Å². The smallest absolute Gasteiger partial charge is 0.258 e. The fourth-order valence-electron chi connectivity index (χ4n) is 2.71. The first-order valence-electron chi connectivity index (χ1n) is 7.55. The molecule has 24 heavy (non-hydrogen) atoms. The van der Waals surface area contributed by atoms with Crippen LogP contribution in [0.3, 0.4) is 0 Å². The number of nitrogens with zero attached hydrogens (tertiary/aromatic N) is 1. The number of sulfonamides is 1. The lowest BCUT2D eigenvalue weighted by Gasteiger charge is -2.20. The zero-order valence-corrected chi connectivity index (χ0v) is 13.9. The number of benzene rings is 2. The molecule has 1 saturated heterocycles. The van der Waals surface area contributed by atoms with E-state index in [9.17, 15) is 17.6 Å². The Morgan fingerprint density at radius 2 is 1.96 bits per heavy atom. The number of hydrogen-bond donors (Lipinski definition) is 1. The van der Waals surface area contributed by atoms with E-state index >= 15 is 0 Å². The third-order valence-corrected chi connectivity index (χ3v) is 5.81. The standard InChI is InChI=1S/C17H17FN2O3S/c1-12-7-8-13(11-16(12)20-9-4-10-24(20,22)23)19-17(21)14-5-2-3-6-15(14)18/h2-3,5-8,11H,4,9-10H2,1H3,(H,19,21). The third kappa shape index (κ3) is 3.12. The minimum absolute atomic E-state index is 0.0616. The van der Waals surface area contributed by atoms with Gasteiger partial charge in [0.05, 0.1) is 17.0 Å². The molecule has 0 radical (unpaired) electrons. The van der Waals surface area contributed by atoms with Crippen molar-refractivity contribution in [2.45, 2.75) is 13.3 Å². The molecule has 0 saturated carbocycles. The van der Waals surface area contributed by atoms with Gasteiger partial charge in [0, 0.05) is 12.2 Å². The molecular formula is C17H17FN2O3S. The van der Waals surface area contributed by atoms with Gasteiger partial charge in [-0.25, -0.2) is 12.8 Å². The quantitative estimate of drug-likeness (QED) is 0.927. The summed E-state index contributed by atoms with van der Waals surface area (Å²) in [6.45, 7) is 2.24. The van der Waals surface area contributed by atoms with Gasteiger partial charge in [-0.05, 0) is 43.2 Å². The van der Waals surface area contributed by atoms with E-state index in [4.69, 9.17) is 0 Å². The van der Waals surface area contributed by atoms with Gasteiger partial charge in [0.1, 0.15) is 5.82 Å². The van der Waals surface area contributed by atoms with E-state index in [1.807, 2.05) is 6.92 Å². The van der Waals surface area contributed by atoms with Crippen LogP contribution < -0.4 is 9.62 Å². The lowest BCUT2D eigenvalue weighted by atomic mass is 10.1. The summed E-state index contributed by atoms with van der Waals surface area (Å²) < 4.78 is 39.3. The summed E-state index contributed by atoms with van der Waals surface area (Å²) in [5.74, 6) is -1.06. The van der Waals surface area contributed by atoms with Crippen LogP contribution >= 0.6 is 0 Å². The lowest BCUT2D eigenvalue weighted by Crippen LogP contribution is -2.26. The van der Waals surface area contributed by atoms with Crippen molar-refractivity contribution < 1.29 is 17.6 Å². The Balaban J connectivity index is 1.89. The molecule has 7 heteroatoms. The number of carbonyl (C=O) groups is 1. The number of amides is 1. The number of halogens is 1. The van der Waals surface area contributed by atoms with E-state index in [1.165, 1.54) is 22.5 Å². The first-order valence-corrected chi connectivity index (χ1v) is 9.16. The van der Waals surface area contributed by atoms with Crippen LogP contribution in [-0.4, -0.2) is 26.6 Å². The van der Waals surface area contributed by atoms with E-state index in [-0.39, 0.29) is 11.3 Å².